The smallest absolute Gasteiger partial charge is 0.206 e. The summed E-state index contributed by atoms with van der Waals surface area (Å²) in [5.74, 6) is 0.925. The highest BCUT2D eigenvalue weighted by Crippen LogP contribution is 2.30. The van der Waals surface area contributed by atoms with Gasteiger partial charge < -0.3 is 15.8 Å². The Morgan fingerprint density at radius 3 is 2.54 bits per heavy atom. The van der Waals surface area contributed by atoms with Gasteiger partial charge in [-0.15, -0.1) is 0 Å². The number of carbonyl (C=O) groups excluding carboxylic acids is 1. The van der Waals surface area contributed by atoms with Gasteiger partial charge in [-0.3, -0.25) is 4.79 Å². The van der Waals surface area contributed by atoms with Crippen molar-refractivity contribution in [3.63, 3.8) is 0 Å². The second-order valence-corrected chi connectivity index (χ2v) is 6.01. The molecule has 0 aliphatic rings. The van der Waals surface area contributed by atoms with Crippen LogP contribution in [0.15, 0.2) is 54.6 Å². The highest BCUT2D eigenvalue weighted by molar-refractivity contribution is 7.18. The molecule has 0 atom stereocenters. The highest BCUT2D eigenvalue weighted by atomic mass is 32.1. The van der Waals surface area contributed by atoms with E-state index < -0.39 is 0 Å². The third-order valence-corrected chi connectivity index (χ3v) is 4.30. The third kappa shape index (κ3) is 3.55. The second kappa shape index (κ2) is 7.14. The molecule has 0 spiro atoms. The largest absolute Gasteiger partial charge is 0.494 e. The van der Waals surface area contributed by atoms with Crippen LogP contribution in [0.3, 0.4) is 0 Å². The lowest BCUT2D eigenvalue weighted by atomic mass is 10.1. The Morgan fingerprint density at radius 1 is 1.17 bits per heavy atom. The molecule has 2 aromatic carbocycles. The number of thiazole rings is 1. The number of rotatable bonds is 6. The molecule has 0 fully saturated rings. The molecule has 24 heavy (non-hydrogen) atoms. The summed E-state index contributed by atoms with van der Waals surface area (Å²) in [7, 11) is 0. The Hall–Kier alpha value is -2.86. The number of carbonyl (C=O) groups is 1. The van der Waals surface area contributed by atoms with Crippen molar-refractivity contribution in [2.75, 3.05) is 17.7 Å². The first-order valence-corrected chi connectivity index (χ1v) is 8.35. The molecule has 3 N–H and O–H groups in total. The molecule has 0 aliphatic heterocycles. The molecule has 0 radical (unpaired) electrons. The minimum absolute atomic E-state index is 0.120. The second-order valence-electron chi connectivity index (χ2n) is 5.01. The van der Waals surface area contributed by atoms with Crippen LogP contribution in [-0.2, 0) is 0 Å². The summed E-state index contributed by atoms with van der Waals surface area (Å²) in [6, 6.07) is 16.6. The Labute approximate surface area is 144 Å². The fraction of sp³-hybridized carbons (Fsp3) is 0.111. The van der Waals surface area contributed by atoms with Crippen LogP contribution in [0.25, 0.3) is 0 Å². The van der Waals surface area contributed by atoms with Crippen molar-refractivity contribution in [1.29, 1.82) is 0 Å². The first kappa shape index (κ1) is 16.0. The molecular formula is C18H17N3O2S. The molecule has 0 bridgehead atoms. The number of nitrogens with one attached hydrogen (secondary N) is 1. The fourth-order valence-electron chi connectivity index (χ4n) is 2.19. The van der Waals surface area contributed by atoms with Gasteiger partial charge >= 0.3 is 0 Å². The van der Waals surface area contributed by atoms with Crippen LogP contribution < -0.4 is 15.8 Å². The lowest BCUT2D eigenvalue weighted by Gasteiger charge is -2.05. The molecule has 3 aromatic rings. The number of nitrogens with zero attached hydrogens (tertiary/aromatic N) is 1. The van der Waals surface area contributed by atoms with Gasteiger partial charge in [0.05, 0.1) is 6.61 Å². The quantitative estimate of drug-likeness (QED) is 0.661. The zero-order valence-electron chi connectivity index (χ0n) is 13.2. The van der Waals surface area contributed by atoms with Gasteiger partial charge in [0.1, 0.15) is 16.4 Å². The first-order valence-electron chi connectivity index (χ1n) is 7.53. The van der Waals surface area contributed by atoms with Crippen molar-refractivity contribution in [3.8, 4) is 5.75 Å². The lowest BCUT2D eigenvalue weighted by molar-refractivity contribution is 0.104. The number of nitrogen functional groups attached to an aromatic ring is 1. The lowest BCUT2D eigenvalue weighted by Crippen LogP contribution is -2.02. The van der Waals surface area contributed by atoms with Gasteiger partial charge in [0.15, 0.2) is 5.13 Å². The number of hydrogen-bond acceptors (Lipinski definition) is 6. The van der Waals surface area contributed by atoms with Gasteiger partial charge in [-0.2, -0.15) is 0 Å². The normalized spacial score (nSPS) is 10.4. The van der Waals surface area contributed by atoms with Crippen LogP contribution in [0.5, 0.6) is 5.75 Å². The molecule has 0 unspecified atom stereocenters. The predicted molar refractivity (Wildman–Crippen MR) is 97.3 cm³/mol. The van der Waals surface area contributed by atoms with E-state index in [1.54, 1.807) is 12.1 Å². The van der Waals surface area contributed by atoms with Crippen molar-refractivity contribution < 1.29 is 9.53 Å². The summed E-state index contributed by atoms with van der Waals surface area (Å²) < 4.78 is 5.41. The van der Waals surface area contributed by atoms with Crippen molar-refractivity contribution in [2.24, 2.45) is 0 Å². The number of aromatic nitrogens is 1. The van der Waals surface area contributed by atoms with E-state index in [-0.39, 0.29) is 11.6 Å². The van der Waals surface area contributed by atoms with E-state index >= 15 is 0 Å². The molecular weight excluding hydrogens is 322 g/mol. The molecule has 5 nitrogen and oxygen atoms in total. The van der Waals surface area contributed by atoms with E-state index in [1.165, 1.54) is 11.3 Å². The molecule has 122 valence electrons. The van der Waals surface area contributed by atoms with Gasteiger partial charge in [-0.25, -0.2) is 4.98 Å². The summed E-state index contributed by atoms with van der Waals surface area (Å²) in [6.07, 6.45) is 0. The van der Waals surface area contributed by atoms with Crippen LogP contribution >= 0.6 is 11.3 Å². The van der Waals surface area contributed by atoms with E-state index in [2.05, 4.69) is 10.3 Å². The Kier molecular flexibility index (Phi) is 4.77. The maximum absolute atomic E-state index is 12.5. The molecule has 1 heterocycles. The number of ether oxygens (including phenoxy) is 1. The van der Waals surface area contributed by atoms with E-state index in [0.29, 0.717) is 22.2 Å². The van der Waals surface area contributed by atoms with Crippen molar-refractivity contribution in [3.05, 3.63) is 65.0 Å². The number of nitrogens with two attached hydrogens (primary N) is 1. The molecule has 0 saturated heterocycles. The minimum Gasteiger partial charge on any atom is -0.494 e. The highest BCUT2D eigenvalue weighted by Gasteiger charge is 2.17. The van der Waals surface area contributed by atoms with Crippen LogP contribution in [0.1, 0.15) is 22.2 Å². The number of ketones is 1. The molecule has 0 saturated carbocycles. The number of anilines is 3. The summed E-state index contributed by atoms with van der Waals surface area (Å²) >= 11 is 1.24. The Balaban J connectivity index is 1.77. The van der Waals surface area contributed by atoms with Gasteiger partial charge in [0.25, 0.3) is 0 Å². The average molecular weight is 339 g/mol. The zero-order chi connectivity index (χ0) is 16.9. The molecule has 1 aromatic heterocycles. The van der Waals surface area contributed by atoms with E-state index in [4.69, 9.17) is 10.5 Å². The summed E-state index contributed by atoms with van der Waals surface area (Å²) in [4.78, 5) is 17.2. The molecule has 0 aliphatic carbocycles. The van der Waals surface area contributed by atoms with E-state index in [1.807, 2.05) is 49.4 Å². The Bertz CT molecular complexity index is 829. The van der Waals surface area contributed by atoms with Crippen LogP contribution in [0.2, 0.25) is 0 Å². The van der Waals surface area contributed by atoms with Gasteiger partial charge in [-0.05, 0) is 31.2 Å². The van der Waals surface area contributed by atoms with E-state index in [0.717, 1.165) is 11.4 Å². The fourth-order valence-corrected chi connectivity index (χ4v) is 3.06. The van der Waals surface area contributed by atoms with Crippen LogP contribution in [-0.4, -0.2) is 17.4 Å². The molecule has 6 heteroatoms. The number of hydrogen-bond donors (Lipinski definition) is 2. The van der Waals surface area contributed by atoms with Crippen molar-refractivity contribution in [2.45, 2.75) is 6.92 Å². The summed E-state index contributed by atoms with van der Waals surface area (Å²) in [5.41, 5.74) is 7.37. The monoisotopic (exact) mass is 339 g/mol. The van der Waals surface area contributed by atoms with Crippen LogP contribution in [0, 0.1) is 0 Å². The maximum atomic E-state index is 12.5. The Morgan fingerprint density at radius 2 is 1.88 bits per heavy atom. The van der Waals surface area contributed by atoms with Gasteiger partial charge in [-0.1, -0.05) is 41.7 Å². The average Bonchev–Trinajstić information content (AvgIpc) is 2.97. The summed E-state index contributed by atoms with van der Waals surface area (Å²) in [6.45, 7) is 2.57. The van der Waals surface area contributed by atoms with Crippen LogP contribution in [0.4, 0.5) is 16.6 Å². The zero-order valence-corrected chi connectivity index (χ0v) is 14.0. The standard InChI is InChI=1S/C18H17N3O2S/c1-2-23-14-10-8-13(9-11-14)20-18-21-17(19)16(24-18)15(22)12-6-4-3-5-7-12/h3-11H,2,19H2,1H3,(H,20,21). The third-order valence-electron chi connectivity index (χ3n) is 3.31. The SMILES string of the molecule is CCOc1ccc(Nc2nc(N)c(C(=O)c3ccccc3)s2)cc1. The topological polar surface area (TPSA) is 77.2 Å². The maximum Gasteiger partial charge on any atom is 0.206 e. The number of benzene rings is 2. The van der Waals surface area contributed by atoms with Crippen molar-refractivity contribution >= 4 is 33.8 Å². The predicted octanol–water partition coefficient (Wildman–Crippen LogP) is 4.10. The van der Waals surface area contributed by atoms with Crippen molar-refractivity contribution in [1.82, 2.24) is 4.98 Å². The first-order chi connectivity index (χ1) is 11.7. The molecule has 0 amide bonds. The minimum atomic E-state index is -0.120. The summed E-state index contributed by atoms with van der Waals surface area (Å²) in [5, 5.41) is 3.74. The van der Waals surface area contributed by atoms with E-state index in [9.17, 15) is 4.79 Å². The van der Waals surface area contributed by atoms with Gasteiger partial charge in [0, 0.05) is 11.3 Å². The molecule has 3 rings (SSSR count). The van der Waals surface area contributed by atoms with Gasteiger partial charge in [0.2, 0.25) is 5.78 Å².